The molecular formula is C13H13N3O3S. The molecule has 1 heterocycles. The van der Waals surface area contributed by atoms with Gasteiger partial charge in [0.1, 0.15) is 5.78 Å². The van der Waals surface area contributed by atoms with E-state index in [1.165, 1.54) is 25.8 Å². The summed E-state index contributed by atoms with van der Waals surface area (Å²) >= 11 is 1.24. The van der Waals surface area contributed by atoms with Crippen molar-refractivity contribution >= 4 is 23.5 Å². The molecule has 20 heavy (non-hydrogen) atoms. The Bertz CT molecular complexity index is 639. The zero-order chi connectivity index (χ0) is 14.5. The van der Waals surface area contributed by atoms with Gasteiger partial charge in [-0.05, 0) is 13.0 Å². The lowest BCUT2D eigenvalue weighted by Gasteiger charge is -2.04. The molecule has 0 spiro atoms. The Balaban J connectivity index is 2.28. The Morgan fingerprint density at radius 2 is 2.10 bits per heavy atom. The third-order valence-electron chi connectivity index (χ3n) is 2.46. The quantitative estimate of drug-likeness (QED) is 0.669. The van der Waals surface area contributed by atoms with Crippen LogP contribution in [-0.2, 0) is 9.53 Å². The van der Waals surface area contributed by atoms with E-state index in [0.29, 0.717) is 27.9 Å². The highest BCUT2D eigenvalue weighted by atomic mass is 32.2. The third kappa shape index (κ3) is 3.24. The summed E-state index contributed by atoms with van der Waals surface area (Å²) in [7, 11) is 1.33. The van der Waals surface area contributed by atoms with Crippen molar-refractivity contribution in [1.82, 2.24) is 15.2 Å². The average Bonchev–Trinajstić information content (AvgIpc) is 2.93. The molecule has 0 radical (unpaired) electrons. The van der Waals surface area contributed by atoms with Crippen LogP contribution in [0, 0.1) is 0 Å². The summed E-state index contributed by atoms with van der Waals surface area (Å²) in [5.41, 5.74) is 1.02. The van der Waals surface area contributed by atoms with Gasteiger partial charge in [-0.3, -0.25) is 9.89 Å². The first kappa shape index (κ1) is 14.3. The molecule has 0 aliphatic rings. The van der Waals surface area contributed by atoms with Gasteiger partial charge in [-0.1, -0.05) is 30.0 Å². The van der Waals surface area contributed by atoms with Gasteiger partial charge in [-0.25, -0.2) is 9.78 Å². The predicted octanol–water partition coefficient (Wildman–Crippen LogP) is 1.94. The molecule has 0 bridgehead atoms. The second-order valence-corrected chi connectivity index (χ2v) is 4.94. The van der Waals surface area contributed by atoms with Crippen molar-refractivity contribution in [1.29, 1.82) is 0 Å². The molecule has 0 saturated carbocycles. The van der Waals surface area contributed by atoms with Crippen molar-refractivity contribution in [3.8, 4) is 11.4 Å². The van der Waals surface area contributed by atoms with E-state index in [1.54, 1.807) is 24.3 Å². The lowest BCUT2D eigenvalue weighted by molar-refractivity contribution is -0.114. The summed E-state index contributed by atoms with van der Waals surface area (Å²) in [6.45, 7) is 1.51. The van der Waals surface area contributed by atoms with E-state index in [9.17, 15) is 9.59 Å². The second-order valence-electron chi connectivity index (χ2n) is 3.99. The number of hydrogen-bond acceptors (Lipinski definition) is 6. The van der Waals surface area contributed by atoms with Crippen molar-refractivity contribution in [3.63, 3.8) is 0 Å². The summed E-state index contributed by atoms with van der Waals surface area (Å²) in [6.07, 6.45) is 0. The fourth-order valence-corrected chi connectivity index (χ4v) is 2.17. The number of hydrogen-bond donors (Lipinski definition) is 1. The standard InChI is InChI=1S/C13H13N3O3S/c1-8(17)7-20-13-14-11(15-16-13)9-5-3-4-6-10(9)12(18)19-2/h3-6H,7H2,1-2H3,(H,14,15,16). The van der Waals surface area contributed by atoms with E-state index >= 15 is 0 Å². The molecule has 0 amide bonds. The lowest BCUT2D eigenvalue weighted by Crippen LogP contribution is -2.03. The van der Waals surface area contributed by atoms with Crippen LogP contribution in [-0.4, -0.2) is 39.8 Å². The second kappa shape index (κ2) is 6.33. The number of nitrogens with one attached hydrogen (secondary N) is 1. The third-order valence-corrected chi connectivity index (χ3v) is 3.45. The number of benzene rings is 1. The molecule has 0 aliphatic carbocycles. The van der Waals surface area contributed by atoms with Crippen molar-refractivity contribution in [2.75, 3.05) is 12.9 Å². The number of carbonyl (C=O) groups is 2. The fraction of sp³-hybridized carbons (Fsp3) is 0.231. The van der Waals surface area contributed by atoms with Crippen molar-refractivity contribution in [2.24, 2.45) is 0 Å². The number of aromatic nitrogens is 3. The van der Waals surface area contributed by atoms with Crippen LogP contribution in [0.3, 0.4) is 0 Å². The van der Waals surface area contributed by atoms with Crippen LogP contribution in [0.2, 0.25) is 0 Å². The van der Waals surface area contributed by atoms with Gasteiger partial charge < -0.3 is 4.74 Å². The Morgan fingerprint density at radius 3 is 2.80 bits per heavy atom. The van der Waals surface area contributed by atoms with Crippen LogP contribution in [0.25, 0.3) is 11.4 Å². The minimum absolute atomic E-state index is 0.0521. The van der Waals surface area contributed by atoms with E-state index in [4.69, 9.17) is 4.74 Å². The minimum atomic E-state index is -0.435. The molecule has 1 N–H and O–H groups in total. The number of aromatic amines is 1. The van der Waals surface area contributed by atoms with E-state index in [2.05, 4.69) is 15.2 Å². The van der Waals surface area contributed by atoms with E-state index in [0.717, 1.165) is 0 Å². The van der Waals surface area contributed by atoms with Crippen LogP contribution in [0.1, 0.15) is 17.3 Å². The predicted molar refractivity (Wildman–Crippen MR) is 74.6 cm³/mol. The number of H-pyrrole nitrogens is 1. The molecule has 1 aromatic heterocycles. The molecule has 2 aromatic rings. The van der Waals surface area contributed by atoms with E-state index in [1.807, 2.05) is 0 Å². The SMILES string of the molecule is COC(=O)c1ccccc1-c1nc(SCC(C)=O)n[nH]1. The van der Waals surface area contributed by atoms with Gasteiger partial charge in [0.05, 0.1) is 18.4 Å². The molecule has 6 nitrogen and oxygen atoms in total. The Hall–Kier alpha value is -2.15. The number of esters is 1. The first-order chi connectivity index (χ1) is 9.61. The molecule has 0 saturated heterocycles. The van der Waals surface area contributed by atoms with Crippen LogP contribution in [0.4, 0.5) is 0 Å². The van der Waals surface area contributed by atoms with Gasteiger partial charge in [0.2, 0.25) is 5.16 Å². The van der Waals surface area contributed by atoms with Crippen LogP contribution in [0.15, 0.2) is 29.4 Å². The first-order valence-corrected chi connectivity index (χ1v) is 6.82. The number of rotatable bonds is 5. The Morgan fingerprint density at radius 1 is 1.35 bits per heavy atom. The van der Waals surface area contributed by atoms with E-state index < -0.39 is 5.97 Å². The number of thioether (sulfide) groups is 1. The Kier molecular flexibility index (Phi) is 4.52. The molecule has 7 heteroatoms. The summed E-state index contributed by atoms with van der Waals surface area (Å²) < 4.78 is 4.73. The minimum Gasteiger partial charge on any atom is -0.465 e. The number of nitrogens with zero attached hydrogens (tertiary/aromatic N) is 2. The monoisotopic (exact) mass is 291 g/mol. The highest BCUT2D eigenvalue weighted by Crippen LogP contribution is 2.23. The summed E-state index contributed by atoms with van der Waals surface area (Å²) in [4.78, 5) is 26.9. The summed E-state index contributed by atoms with van der Waals surface area (Å²) in [5, 5.41) is 7.24. The van der Waals surface area contributed by atoms with Gasteiger partial charge >= 0.3 is 5.97 Å². The number of Topliss-reactive ketones (excluding diaryl/α,β-unsaturated/α-hetero) is 1. The van der Waals surface area contributed by atoms with Gasteiger partial charge in [-0.2, -0.15) is 0 Å². The van der Waals surface area contributed by atoms with Gasteiger partial charge in [0, 0.05) is 5.56 Å². The number of ether oxygens (including phenoxy) is 1. The number of methoxy groups -OCH3 is 1. The maximum atomic E-state index is 11.7. The molecule has 0 unspecified atom stereocenters. The lowest BCUT2D eigenvalue weighted by atomic mass is 10.1. The highest BCUT2D eigenvalue weighted by Gasteiger charge is 2.15. The van der Waals surface area contributed by atoms with Gasteiger partial charge in [0.15, 0.2) is 5.82 Å². The highest BCUT2D eigenvalue weighted by molar-refractivity contribution is 7.99. The van der Waals surface area contributed by atoms with Crippen molar-refractivity contribution < 1.29 is 14.3 Å². The largest absolute Gasteiger partial charge is 0.465 e. The molecule has 104 valence electrons. The van der Waals surface area contributed by atoms with Crippen LogP contribution >= 0.6 is 11.8 Å². The summed E-state index contributed by atoms with van der Waals surface area (Å²) in [6, 6.07) is 6.96. The number of carbonyl (C=O) groups excluding carboxylic acids is 2. The molecule has 2 rings (SSSR count). The van der Waals surface area contributed by atoms with Crippen molar-refractivity contribution in [3.05, 3.63) is 29.8 Å². The maximum Gasteiger partial charge on any atom is 0.338 e. The van der Waals surface area contributed by atoms with Crippen LogP contribution < -0.4 is 0 Å². The normalized spacial score (nSPS) is 10.3. The summed E-state index contributed by atoms with van der Waals surface area (Å²) in [5.74, 6) is 0.402. The van der Waals surface area contributed by atoms with E-state index in [-0.39, 0.29) is 5.78 Å². The zero-order valence-corrected chi connectivity index (χ0v) is 11.9. The molecule has 1 aromatic carbocycles. The average molecular weight is 291 g/mol. The molecule has 0 atom stereocenters. The van der Waals surface area contributed by atoms with Gasteiger partial charge in [-0.15, -0.1) is 5.10 Å². The topological polar surface area (TPSA) is 84.9 Å². The fourth-order valence-electron chi connectivity index (χ4n) is 1.58. The number of ketones is 1. The van der Waals surface area contributed by atoms with Crippen LogP contribution in [0.5, 0.6) is 0 Å². The first-order valence-electron chi connectivity index (χ1n) is 5.84. The molecule has 0 fully saturated rings. The van der Waals surface area contributed by atoms with Crippen molar-refractivity contribution in [2.45, 2.75) is 12.1 Å². The smallest absolute Gasteiger partial charge is 0.338 e. The molecule has 0 aliphatic heterocycles. The van der Waals surface area contributed by atoms with Gasteiger partial charge in [0.25, 0.3) is 0 Å². The Labute approximate surface area is 119 Å². The molecular weight excluding hydrogens is 278 g/mol. The maximum absolute atomic E-state index is 11.7. The zero-order valence-electron chi connectivity index (χ0n) is 11.0.